The molecule has 1 aliphatic rings. The molecule has 7 N–H and O–H groups in total. The molecule has 0 fully saturated rings. The van der Waals surface area contributed by atoms with Crippen molar-refractivity contribution < 1.29 is 49.6 Å². The number of hydrogen-bond donors (Lipinski definition) is 7. The van der Waals surface area contributed by atoms with Crippen LogP contribution in [0.1, 0.15) is 28.7 Å². The van der Waals surface area contributed by atoms with Crippen LogP contribution < -0.4 is 14.9 Å². The Morgan fingerprint density at radius 3 is 2.05 bits per heavy atom. The van der Waals surface area contributed by atoms with Gasteiger partial charge in [-0.25, -0.2) is 0 Å². The third kappa shape index (κ3) is 4.02. The number of methoxy groups -OCH3 is 1. The van der Waals surface area contributed by atoms with Crippen molar-refractivity contribution in [3.8, 4) is 63.1 Å². The number of phenols is 7. The predicted octanol–water partition coefficient (Wildman–Crippen LogP) is 4.67. The van der Waals surface area contributed by atoms with Gasteiger partial charge in [-0.3, -0.25) is 4.79 Å². The molecule has 1 aromatic heterocycles. The zero-order chi connectivity index (χ0) is 29.2. The molecule has 6 rings (SSSR count). The van der Waals surface area contributed by atoms with Crippen LogP contribution in [0.2, 0.25) is 0 Å². The smallest absolute Gasteiger partial charge is 0.239 e. The third-order valence-electron chi connectivity index (χ3n) is 7.00. The second-order valence-electron chi connectivity index (χ2n) is 9.56. The average Bonchev–Trinajstić information content (AvgIpc) is 3.32. The molecular formula is C30H22O11. The lowest BCUT2D eigenvalue weighted by Crippen LogP contribution is -2.11. The van der Waals surface area contributed by atoms with Crippen molar-refractivity contribution >= 4 is 11.0 Å². The molecule has 208 valence electrons. The van der Waals surface area contributed by atoms with Crippen LogP contribution in [-0.4, -0.2) is 42.9 Å². The molecule has 1 aliphatic heterocycles. The summed E-state index contributed by atoms with van der Waals surface area (Å²) >= 11 is 0. The van der Waals surface area contributed by atoms with E-state index in [0.29, 0.717) is 11.1 Å². The largest absolute Gasteiger partial charge is 0.508 e. The van der Waals surface area contributed by atoms with Gasteiger partial charge in [0, 0.05) is 23.8 Å². The summed E-state index contributed by atoms with van der Waals surface area (Å²) in [7, 11) is 1.19. The molecular weight excluding hydrogens is 536 g/mol. The van der Waals surface area contributed by atoms with Crippen LogP contribution in [0, 0.1) is 0 Å². The van der Waals surface area contributed by atoms with Crippen LogP contribution in [0.5, 0.6) is 51.7 Å². The van der Waals surface area contributed by atoms with Crippen LogP contribution in [0.4, 0.5) is 0 Å². The van der Waals surface area contributed by atoms with E-state index in [2.05, 4.69) is 0 Å². The number of phenolic OH excluding ortho intramolecular Hbond substituents is 7. The Balaban J connectivity index is 1.63. The maximum Gasteiger partial charge on any atom is 0.239 e. The summed E-state index contributed by atoms with van der Waals surface area (Å²) in [4.78, 5) is 13.3. The molecule has 0 saturated carbocycles. The number of aromatic hydroxyl groups is 7. The fourth-order valence-electron chi connectivity index (χ4n) is 5.29. The van der Waals surface area contributed by atoms with Gasteiger partial charge >= 0.3 is 0 Å². The Morgan fingerprint density at radius 1 is 0.732 bits per heavy atom. The minimum absolute atomic E-state index is 0.0190. The highest BCUT2D eigenvalue weighted by Gasteiger charge is 2.42. The van der Waals surface area contributed by atoms with E-state index in [0.717, 1.165) is 24.3 Å². The highest BCUT2D eigenvalue weighted by Crippen LogP contribution is 2.59. The minimum Gasteiger partial charge on any atom is -0.508 e. The van der Waals surface area contributed by atoms with Gasteiger partial charge in [-0.05, 0) is 35.9 Å². The zero-order valence-electron chi connectivity index (χ0n) is 21.2. The minimum atomic E-state index is -0.973. The number of ether oxygens (including phenoxy) is 2. The highest BCUT2D eigenvalue weighted by atomic mass is 16.5. The monoisotopic (exact) mass is 558 g/mol. The molecule has 11 nitrogen and oxygen atoms in total. The summed E-state index contributed by atoms with van der Waals surface area (Å²) in [5.74, 6) is -3.96. The molecule has 11 heteroatoms. The first kappa shape index (κ1) is 25.6. The van der Waals surface area contributed by atoms with Gasteiger partial charge in [0.25, 0.3) is 0 Å². The molecule has 0 aliphatic carbocycles. The summed E-state index contributed by atoms with van der Waals surface area (Å²) in [5, 5.41) is 72.9. The summed E-state index contributed by atoms with van der Waals surface area (Å²) < 4.78 is 17.2. The van der Waals surface area contributed by atoms with Crippen molar-refractivity contribution in [2.24, 2.45) is 0 Å². The summed E-state index contributed by atoms with van der Waals surface area (Å²) in [5.41, 5.74) is -0.225. The van der Waals surface area contributed by atoms with E-state index in [1.165, 1.54) is 31.4 Å². The van der Waals surface area contributed by atoms with Crippen molar-refractivity contribution in [3.05, 3.63) is 87.6 Å². The number of hydrogen-bond acceptors (Lipinski definition) is 11. The van der Waals surface area contributed by atoms with Crippen molar-refractivity contribution in [1.29, 1.82) is 0 Å². The Morgan fingerprint density at radius 2 is 1.39 bits per heavy atom. The maximum atomic E-state index is 13.3. The Hall–Kier alpha value is -5.71. The average molecular weight is 558 g/mol. The van der Waals surface area contributed by atoms with Crippen LogP contribution in [-0.2, 0) is 0 Å². The van der Waals surface area contributed by atoms with Crippen molar-refractivity contribution in [2.75, 3.05) is 7.11 Å². The van der Waals surface area contributed by atoms with E-state index in [9.17, 15) is 40.5 Å². The fraction of sp³-hybridized carbons (Fsp3) is 0.100. The maximum absolute atomic E-state index is 13.3. The topological polar surface area (TPSA) is 190 Å². The summed E-state index contributed by atoms with van der Waals surface area (Å²) in [6, 6.07) is 13.1. The van der Waals surface area contributed by atoms with Crippen molar-refractivity contribution in [2.45, 2.75) is 12.0 Å². The zero-order valence-corrected chi connectivity index (χ0v) is 21.2. The third-order valence-corrected chi connectivity index (χ3v) is 7.00. The van der Waals surface area contributed by atoms with E-state index < -0.39 is 34.7 Å². The van der Waals surface area contributed by atoms with Gasteiger partial charge < -0.3 is 49.6 Å². The molecule has 2 heterocycles. The van der Waals surface area contributed by atoms with Gasteiger partial charge in [0.1, 0.15) is 51.6 Å². The first-order chi connectivity index (χ1) is 19.6. The number of fused-ring (bicyclic) bond motifs is 2. The van der Waals surface area contributed by atoms with Crippen molar-refractivity contribution in [3.63, 3.8) is 0 Å². The molecule has 0 spiro atoms. The first-order valence-electron chi connectivity index (χ1n) is 12.2. The standard InChI is InChI=1S/C30H22O11/c1-39-30-26(38)23-19(35)9-17(34)10-21(23)40-28(30)18-11-20(36)29-24(25(18)37)22(12-2-4-14(31)5-3-12)27(41-29)13-6-15(32)8-16(33)7-13/h2-11,22,27,31-37H,1H3. The molecule has 0 bridgehead atoms. The molecule has 4 aromatic carbocycles. The van der Waals surface area contributed by atoms with Gasteiger partial charge in [-0.15, -0.1) is 0 Å². The molecule has 0 radical (unpaired) electrons. The molecule has 2 unspecified atom stereocenters. The summed E-state index contributed by atoms with van der Waals surface area (Å²) in [6.07, 6.45) is -0.973. The number of rotatable bonds is 4. The van der Waals surface area contributed by atoms with E-state index >= 15 is 0 Å². The quantitative estimate of drug-likeness (QED) is 0.152. The van der Waals surface area contributed by atoms with Gasteiger partial charge in [0.2, 0.25) is 11.2 Å². The van der Waals surface area contributed by atoms with Crippen molar-refractivity contribution in [1.82, 2.24) is 0 Å². The second-order valence-corrected chi connectivity index (χ2v) is 9.56. The van der Waals surface area contributed by atoms with Crippen LogP contribution in [0.15, 0.2) is 69.9 Å². The lowest BCUT2D eigenvalue weighted by atomic mass is 9.83. The Kier molecular flexibility index (Phi) is 5.73. The van der Waals surface area contributed by atoms with Crippen LogP contribution >= 0.6 is 0 Å². The van der Waals surface area contributed by atoms with Gasteiger partial charge in [0.05, 0.1) is 24.2 Å². The second kappa shape index (κ2) is 9.19. The molecule has 0 amide bonds. The first-order valence-corrected chi connectivity index (χ1v) is 12.2. The lowest BCUT2D eigenvalue weighted by Gasteiger charge is -2.21. The van der Waals surface area contributed by atoms with E-state index in [1.807, 2.05) is 0 Å². The predicted molar refractivity (Wildman–Crippen MR) is 144 cm³/mol. The SMILES string of the molecule is COc1c(-c2cc(O)c3c(c2O)C(c2ccc(O)cc2)C(c2cc(O)cc(O)c2)O3)oc2cc(O)cc(O)c2c1=O. The molecule has 5 aromatic rings. The Bertz CT molecular complexity index is 1890. The van der Waals surface area contributed by atoms with Crippen LogP contribution in [0.25, 0.3) is 22.3 Å². The molecule has 0 saturated heterocycles. The normalized spacial score (nSPS) is 15.9. The van der Waals surface area contributed by atoms with Gasteiger partial charge in [-0.2, -0.15) is 0 Å². The van der Waals surface area contributed by atoms with E-state index in [4.69, 9.17) is 13.9 Å². The fourth-order valence-corrected chi connectivity index (χ4v) is 5.29. The molecule has 41 heavy (non-hydrogen) atoms. The van der Waals surface area contributed by atoms with Crippen LogP contribution in [0.3, 0.4) is 0 Å². The lowest BCUT2D eigenvalue weighted by molar-refractivity contribution is 0.214. The highest BCUT2D eigenvalue weighted by molar-refractivity contribution is 5.89. The molecule has 2 atom stereocenters. The summed E-state index contributed by atoms with van der Waals surface area (Å²) in [6.45, 7) is 0. The number of benzene rings is 4. The van der Waals surface area contributed by atoms with E-state index in [1.54, 1.807) is 12.1 Å². The van der Waals surface area contributed by atoms with Gasteiger partial charge in [-0.1, -0.05) is 12.1 Å². The van der Waals surface area contributed by atoms with Gasteiger partial charge in [0.15, 0.2) is 17.3 Å². The Labute approximate surface area is 230 Å². The van der Waals surface area contributed by atoms with E-state index in [-0.39, 0.29) is 62.4 Å².